The molecule has 1 aliphatic carbocycles. The molecule has 86 valence electrons. The van der Waals surface area contributed by atoms with Gasteiger partial charge in [-0.15, -0.1) is 0 Å². The number of rotatable bonds is 4. The van der Waals surface area contributed by atoms with Crippen molar-refractivity contribution in [3.05, 3.63) is 0 Å². The van der Waals surface area contributed by atoms with Crippen molar-refractivity contribution >= 4 is 16.0 Å². The van der Waals surface area contributed by atoms with Crippen LogP contribution in [0.4, 0.5) is 0 Å². The van der Waals surface area contributed by atoms with Crippen molar-refractivity contribution in [1.29, 1.82) is 0 Å². The minimum Gasteiger partial charge on any atom is -0.468 e. The van der Waals surface area contributed by atoms with E-state index in [0.717, 1.165) is 13.1 Å². The normalized spacial score (nSPS) is 33.5. The molecule has 0 aromatic heterocycles. The van der Waals surface area contributed by atoms with E-state index in [0.29, 0.717) is 11.8 Å². The summed E-state index contributed by atoms with van der Waals surface area (Å²) in [6.07, 6.45) is 0. The van der Waals surface area contributed by atoms with Gasteiger partial charge in [0.05, 0.1) is 7.11 Å². The third kappa shape index (κ3) is 2.30. The molecule has 0 amide bonds. The summed E-state index contributed by atoms with van der Waals surface area (Å²) in [6, 6.07) is 0.0147. The third-order valence-corrected chi connectivity index (χ3v) is 4.19. The van der Waals surface area contributed by atoms with Gasteiger partial charge in [-0.25, -0.2) is 13.1 Å². The van der Waals surface area contributed by atoms with Crippen LogP contribution in [0.1, 0.15) is 0 Å². The maximum atomic E-state index is 11.4. The summed E-state index contributed by atoms with van der Waals surface area (Å²) >= 11 is 0. The highest BCUT2D eigenvalue weighted by atomic mass is 32.2. The molecule has 7 heteroatoms. The fourth-order valence-corrected chi connectivity index (χ4v) is 3.33. The number of methoxy groups -OCH3 is 1. The highest BCUT2D eigenvalue weighted by Crippen LogP contribution is 2.41. The van der Waals surface area contributed by atoms with E-state index in [1.807, 2.05) is 0 Å². The first-order valence-electron chi connectivity index (χ1n) is 4.81. The van der Waals surface area contributed by atoms with Gasteiger partial charge in [-0.2, -0.15) is 0 Å². The molecule has 2 N–H and O–H groups in total. The van der Waals surface area contributed by atoms with E-state index in [1.165, 1.54) is 7.11 Å². The summed E-state index contributed by atoms with van der Waals surface area (Å²) in [6.45, 7) is 1.71. The molecular formula is C8H14N2O4S. The van der Waals surface area contributed by atoms with Gasteiger partial charge in [-0.1, -0.05) is 0 Å². The lowest BCUT2D eigenvalue weighted by molar-refractivity contribution is -0.137. The zero-order valence-corrected chi connectivity index (χ0v) is 9.21. The zero-order valence-electron chi connectivity index (χ0n) is 8.39. The van der Waals surface area contributed by atoms with Crippen LogP contribution in [0.3, 0.4) is 0 Å². The minimum absolute atomic E-state index is 0.0147. The molecule has 15 heavy (non-hydrogen) atoms. The van der Waals surface area contributed by atoms with Crippen LogP contribution in [-0.2, 0) is 19.6 Å². The van der Waals surface area contributed by atoms with E-state index in [4.69, 9.17) is 0 Å². The van der Waals surface area contributed by atoms with Gasteiger partial charge < -0.3 is 10.1 Å². The lowest BCUT2D eigenvalue weighted by Gasteiger charge is -2.07. The number of nitrogens with one attached hydrogen (secondary N) is 2. The number of carbonyl (C=O) groups is 1. The molecule has 6 nitrogen and oxygen atoms in total. The van der Waals surface area contributed by atoms with Gasteiger partial charge in [0.25, 0.3) is 0 Å². The molecule has 0 bridgehead atoms. The van der Waals surface area contributed by atoms with Gasteiger partial charge in [-0.3, -0.25) is 4.79 Å². The molecule has 0 aromatic carbocycles. The fourth-order valence-electron chi connectivity index (χ4n) is 2.06. The topological polar surface area (TPSA) is 84.5 Å². The maximum absolute atomic E-state index is 11.4. The molecule has 2 rings (SSSR count). The number of esters is 1. The standard InChI is InChI=1S/C8H14N2O4S/c1-14-7(11)4-15(12,13)10-8-5-2-9-3-6(5)8/h5-6,8-10H,2-4H2,1H3. The van der Waals surface area contributed by atoms with E-state index in [2.05, 4.69) is 14.8 Å². The molecule has 0 spiro atoms. The molecule has 1 aliphatic heterocycles. The average Bonchev–Trinajstić information content (AvgIpc) is 2.64. The Hall–Kier alpha value is -0.660. The Morgan fingerprint density at radius 1 is 1.47 bits per heavy atom. The summed E-state index contributed by atoms with van der Waals surface area (Å²) in [5.74, 6) is -0.520. The van der Waals surface area contributed by atoms with Gasteiger partial charge in [0, 0.05) is 6.04 Å². The molecule has 1 heterocycles. The first kappa shape index (κ1) is 10.8. The first-order chi connectivity index (χ1) is 7.03. The van der Waals surface area contributed by atoms with Crippen LogP contribution in [0.25, 0.3) is 0 Å². The van der Waals surface area contributed by atoms with Crippen LogP contribution in [0.5, 0.6) is 0 Å². The summed E-state index contributed by atoms with van der Waals surface area (Å²) < 4.78 is 29.7. The molecule has 0 radical (unpaired) electrons. The quantitative estimate of drug-likeness (QED) is 0.566. The molecule has 2 fully saturated rings. The van der Waals surface area contributed by atoms with Crippen molar-refractivity contribution in [1.82, 2.24) is 10.0 Å². The second-order valence-corrected chi connectivity index (χ2v) is 5.72. The zero-order chi connectivity index (χ0) is 11.1. The number of carbonyl (C=O) groups excluding carboxylic acids is 1. The van der Waals surface area contributed by atoms with Crippen LogP contribution in [0, 0.1) is 11.8 Å². The Kier molecular flexibility index (Phi) is 2.70. The van der Waals surface area contributed by atoms with Crippen LogP contribution >= 0.6 is 0 Å². The van der Waals surface area contributed by atoms with E-state index in [9.17, 15) is 13.2 Å². The third-order valence-electron chi connectivity index (χ3n) is 2.94. The van der Waals surface area contributed by atoms with Crippen molar-refractivity contribution < 1.29 is 17.9 Å². The maximum Gasteiger partial charge on any atom is 0.322 e. The Morgan fingerprint density at radius 2 is 2.07 bits per heavy atom. The summed E-state index contributed by atoms with van der Waals surface area (Å²) in [7, 11) is -2.35. The molecular weight excluding hydrogens is 220 g/mol. The molecule has 2 unspecified atom stereocenters. The summed E-state index contributed by atoms with van der Waals surface area (Å²) in [4.78, 5) is 10.8. The van der Waals surface area contributed by atoms with Crippen molar-refractivity contribution in [2.24, 2.45) is 11.8 Å². The van der Waals surface area contributed by atoms with E-state index in [-0.39, 0.29) is 6.04 Å². The molecule has 2 aliphatic rings. The summed E-state index contributed by atoms with van der Waals surface area (Å²) in [5, 5.41) is 3.16. The van der Waals surface area contributed by atoms with Gasteiger partial charge >= 0.3 is 5.97 Å². The Morgan fingerprint density at radius 3 is 2.60 bits per heavy atom. The van der Waals surface area contributed by atoms with Gasteiger partial charge in [0.15, 0.2) is 5.75 Å². The van der Waals surface area contributed by atoms with Gasteiger partial charge in [0.2, 0.25) is 10.0 Å². The molecule has 1 saturated carbocycles. The van der Waals surface area contributed by atoms with Crippen LogP contribution < -0.4 is 10.0 Å². The molecule has 0 aromatic rings. The monoisotopic (exact) mass is 234 g/mol. The predicted octanol–water partition coefficient (Wildman–Crippen LogP) is -1.70. The van der Waals surface area contributed by atoms with Crippen molar-refractivity contribution in [3.63, 3.8) is 0 Å². The van der Waals surface area contributed by atoms with E-state index in [1.54, 1.807) is 0 Å². The Labute approximate surface area is 88.4 Å². The number of hydrogen-bond donors (Lipinski definition) is 2. The summed E-state index contributed by atoms with van der Waals surface area (Å²) in [5.41, 5.74) is 0. The van der Waals surface area contributed by atoms with Crippen LogP contribution in [-0.4, -0.2) is 46.4 Å². The second-order valence-electron chi connectivity index (χ2n) is 3.96. The molecule has 2 atom stereocenters. The lowest BCUT2D eigenvalue weighted by atomic mass is 10.4. The largest absolute Gasteiger partial charge is 0.468 e. The van der Waals surface area contributed by atoms with E-state index >= 15 is 0 Å². The Bertz CT molecular complexity index is 357. The first-order valence-corrected chi connectivity index (χ1v) is 6.46. The smallest absolute Gasteiger partial charge is 0.322 e. The predicted molar refractivity (Wildman–Crippen MR) is 52.6 cm³/mol. The van der Waals surface area contributed by atoms with Crippen molar-refractivity contribution in [2.45, 2.75) is 6.04 Å². The number of sulfonamides is 1. The van der Waals surface area contributed by atoms with Crippen LogP contribution in [0.2, 0.25) is 0 Å². The second kappa shape index (κ2) is 3.73. The number of fused-ring (bicyclic) bond motifs is 1. The van der Waals surface area contributed by atoms with E-state index < -0.39 is 21.7 Å². The van der Waals surface area contributed by atoms with Crippen molar-refractivity contribution in [2.75, 3.05) is 26.0 Å². The van der Waals surface area contributed by atoms with Gasteiger partial charge in [0.1, 0.15) is 0 Å². The van der Waals surface area contributed by atoms with Gasteiger partial charge in [-0.05, 0) is 24.9 Å². The lowest BCUT2D eigenvalue weighted by Crippen LogP contribution is -2.36. The number of hydrogen-bond acceptors (Lipinski definition) is 5. The van der Waals surface area contributed by atoms with Crippen molar-refractivity contribution in [3.8, 4) is 0 Å². The SMILES string of the molecule is COC(=O)CS(=O)(=O)NC1C2CNCC21. The number of piperidine rings is 1. The highest BCUT2D eigenvalue weighted by molar-refractivity contribution is 7.90. The number of ether oxygens (including phenoxy) is 1. The fraction of sp³-hybridized carbons (Fsp3) is 0.875. The Balaban J connectivity index is 1.86. The molecule has 1 saturated heterocycles. The average molecular weight is 234 g/mol. The minimum atomic E-state index is -3.52. The highest BCUT2D eigenvalue weighted by Gasteiger charge is 2.54. The van der Waals surface area contributed by atoms with Crippen LogP contribution in [0.15, 0.2) is 0 Å².